The zero-order valence-corrected chi connectivity index (χ0v) is 40.8. The Morgan fingerprint density at radius 1 is 0.235 bits per heavy atom. The zero-order chi connectivity index (χ0) is 47.1. The van der Waals surface area contributed by atoms with E-state index in [2.05, 4.69) is 271 Å². The van der Waals surface area contributed by atoms with Crippen LogP contribution in [-0.4, -0.2) is 0 Å². The number of nitrogens with zero attached hydrogens (tertiary/aromatic N) is 2. The molecule has 0 atom stereocenters. The average molecular weight is 883 g/mol. The van der Waals surface area contributed by atoms with Crippen LogP contribution in [0.4, 0.5) is 34.1 Å². The molecule has 2 heteroatoms. The predicted molar refractivity (Wildman–Crippen MR) is 298 cm³/mol. The first-order valence-corrected chi connectivity index (χ1v) is 24.6. The van der Waals surface area contributed by atoms with Crippen molar-refractivity contribution in [2.75, 3.05) is 9.80 Å². The highest BCUT2D eigenvalue weighted by molar-refractivity contribution is 5.95. The summed E-state index contributed by atoms with van der Waals surface area (Å²) in [5, 5.41) is 10.0. The highest BCUT2D eigenvalue weighted by atomic mass is 15.1. The molecule has 10 rings (SSSR count). The van der Waals surface area contributed by atoms with Crippen LogP contribution in [0, 0.1) is 0 Å². The molecule has 68 heavy (non-hydrogen) atoms. The Balaban J connectivity index is 0.962. The predicted octanol–water partition coefficient (Wildman–Crippen LogP) is 19.9. The molecule has 0 aliphatic carbocycles. The molecule has 2 nitrogen and oxygen atoms in total. The van der Waals surface area contributed by atoms with E-state index in [1.807, 2.05) is 0 Å². The molecule has 336 valence electrons. The molecular formula is C66H62N2. The maximum atomic E-state index is 2.39. The molecule has 0 saturated carbocycles. The van der Waals surface area contributed by atoms with Crippen molar-refractivity contribution in [3.05, 3.63) is 228 Å². The molecule has 0 aromatic heterocycles. The van der Waals surface area contributed by atoms with Crippen LogP contribution in [0.2, 0.25) is 0 Å². The summed E-state index contributed by atoms with van der Waals surface area (Å²) in [6, 6.07) is 72.9. The largest absolute Gasteiger partial charge is 0.310 e. The Morgan fingerprint density at radius 2 is 0.471 bits per heavy atom. The number of anilines is 6. The molecule has 0 bridgehead atoms. The van der Waals surface area contributed by atoms with Gasteiger partial charge in [-0.15, -0.1) is 0 Å². The lowest BCUT2D eigenvalue weighted by molar-refractivity contribution is 0.868. The Hall–Kier alpha value is -7.42. The fourth-order valence-corrected chi connectivity index (χ4v) is 9.56. The summed E-state index contributed by atoms with van der Waals surface area (Å²) in [7, 11) is 0. The van der Waals surface area contributed by atoms with E-state index in [0.29, 0.717) is 23.7 Å². The van der Waals surface area contributed by atoms with E-state index >= 15 is 0 Å². The second-order valence-corrected chi connectivity index (χ2v) is 20.0. The summed E-state index contributed by atoms with van der Waals surface area (Å²) in [6.45, 7) is 18.1. The van der Waals surface area contributed by atoms with Crippen LogP contribution >= 0.6 is 0 Å². The highest BCUT2D eigenvalue weighted by Crippen LogP contribution is 2.41. The first-order valence-electron chi connectivity index (χ1n) is 24.6. The van der Waals surface area contributed by atoms with Crippen LogP contribution < -0.4 is 9.80 Å². The maximum absolute atomic E-state index is 2.39. The van der Waals surface area contributed by atoms with Gasteiger partial charge in [-0.1, -0.05) is 189 Å². The molecule has 0 unspecified atom stereocenters. The van der Waals surface area contributed by atoms with Crippen LogP contribution in [0.5, 0.6) is 0 Å². The lowest BCUT2D eigenvalue weighted by Gasteiger charge is -2.26. The van der Waals surface area contributed by atoms with Crippen molar-refractivity contribution in [2.45, 2.75) is 79.1 Å². The number of benzene rings is 10. The molecular weight excluding hydrogens is 821 g/mol. The van der Waals surface area contributed by atoms with Crippen LogP contribution in [-0.2, 0) is 0 Å². The van der Waals surface area contributed by atoms with Gasteiger partial charge in [0.05, 0.1) is 0 Å². The molecule has 0 fully saturated rings. The van der Waals surface area contributed by atoms with Crippen molar-refractivity contribution in [3.63, 3.8) is 0 Å². The van der Waals surface area contributed by atoms with Crippen LogP contribution in [0.25, 0.3) is 55.2 Å². The molecule has 0 aliphatic heterocycles. The molecule has 0 amide bonds. The van der Waals surface area contributed by atoms with E-state index in [0.717, 1.165) is 45.3 Å². The molecule has 0 radical (unpaired) electrons. The summed E-state index contributed by atoms with van der Waals surface area (Å²) >= 11 is 0. The first-order chi connectivity index (χ1) is 32.9. The maximum Gasteiger partial charge on any atom is 0.0468 e. The number of fused-ring (bicyclic) bond motifs is 4. The van der Waals surface area contributed by atoms with Crippen molar-refractivity contribution in [2.24, 2.45) is 0 Å². The summed E-state index contributed by atoms with van der Waals surface area (Å²) in [4.78, 5) is 4.78. The fourth-order valence-electron chi connectivity index (χ4n) is 9.56. The topological polar surface area (TPSA) is 6.48 Å². The van der Waals surface area contributed by atoms with Crippen molar-refractivity contribution in [3.8, 4) is 0 Å². The minimum absolute atomic E-state index is 0.464. The molecule has 0 heterocycles. The van der Waals surface area contributed by atoms with Crippen LogP contribution in [0.3, 0.4) is 0 Å². The van der Waals surface area contributed by atoms with Gasteiger partial charge in [-0.25, -0.2) is 0 Å². The van der Waals surface area contributed by atoms with E-state index in [1.54, 1.807) is 0 Å². The SMILES string of the molecule is CC(C)c1ccc2cc(N(c3ccc(C=Cc4ccc(N(c5ccc6cc(C(C)C)ccc6c5)c5ccc6ccc(C(C)C)cc6c5)cc4)cc3)c3ccc4cc(C(C)C)ccc4c3)ccc2c1. The van der Waals surface area contributed by atoms with Gasteiger partial charge >= 0.3 is 0 Å². The van der Waals surface area contributed by atoms with Crippen molar-refractivity contribution >= 4 is 89.4 Å². The van der Waals surface area contributed by atoms with Gasteiger partial charge < -0.3 is 9.80 Å². The van der Waals surface area contributed by atoms with Gasteiger partial charge in [0.2, 0.25) is 0 Å². The Labute approximate surface area is 403 Å². The Morgan fingerprint density at radius 3 is 0.794 bits per heavy atom. The van der Waals surface area contributed by atoms with Gasteiger partial charge in [-0.2, -0.15) is 0 Å². The van der Waals surface area contributed by atoms with Gasteiger partial charge in [0.15, 0.2) is 0 Å². The summed E-state index contributed by atoms with van der Waals surface area (Å²) in [6.07, 6.45) is 4.44. The lowest BCUT2D eigenvalue weighted by Crippen LogP contribution is -2.10. The monoisotopic (exact) mass is 882 g/mol. The zero-order valence-electron chi connectivity index (χ0n) is 40.8. The van der Waals surface area contributed by atoms with Gasteiger partial charge in [0.25, 0.3) is 0 Å². The van der Waals surface area contributed by atoms with Gasteiger partial charge in [-0.3, -0.25) is 0 Å². The molecule has 0 spiro atoms. The number of hydrogen-bond donors (Lipinski definition) is 0. The molecule has 0 aliphatic rings. The van der Waals surface area contributed by atoms with E-state index in [-0.39, 0.29) is 0 Å². The quantitative estimate of drug-likeness (QED) is 0.113. The lowest BCUT2D eigenvalue weighted by atomic mass is 9.98. The van der Waals surface area contributed by atoms with Crippen molar-refractivity contribution in [1.29, 1.82) is 0 Å². The molecule has 10 aromatic rings. The van der Waals surface area contributed by atoms with Gasteiger partial charge in [0.1, 0.15) is 0 Å². The Bertz CT molecular complexity index is 3370. The van der Waals surface area contributed by atoms with Gasteiger partial charge in [0, 0.05) is 34.1 Å². The first kappa shape index (κ1) is 44.4. The van der Waals surface area contributed by atoms with Crippen molar-refractivity contribution in [1.82, 2.24) is 0 Å². The third-order valence-corrected chi connectivity index (χ3v) is 13.9. The van der Waals surface area contributed by atoms with E-state index in [4.69, 9.17) is 0 Å². The summed E-state index contributed by atoms with van der Waals surface area (Å²) < 4.78 is 0. The van der Waals surface area contributed by atoms with Crippen molar-refractivity contribution < 1.29 is 0 Å². The highest BCUT2D eigenvalue weighted by Gasteiger charge is 2.17. The standard InChI is InChI=1S/C66H62N2/c1-43(2)50-17-20-57-39-63(32-24-54(57)35-50)67(64-33-25-55-36-51(44(3)4)18-21-58(55)40-64)61-27-11-47(12-28-61)9-10-48-13-29-62(30-14-48)68(65-34-26-56-37-52(45(5)6)19-22-59(56)41-65)66-31-23-49-15-16-53(46(7)8)38-60(49)42-66/h9-46H,1-8H3. The fraction of sp³-hybridized carbons (Fsp3) is 0.182. The minimum Gasteiger partial charge on any atom is -0.310 e. The third kappa shape index (κ3) is 9.16. The number of rotatable bonds is 12. The van der Waals surface area contributed by atoms with E-state index in [9.17, 15) is 0 Å². The average Bonchev–Trinajstić information content (AvgIpc) is 3.35. The van der Waals surface area contributed by atoms with E-state index < -0.39 is 0 Å². The van der Waals surface area contributed by atoms with Crippen LogP contribution in [0.15, 0.2) is 194 Å². The summed E-state index contributed by atoms with van der Waals surface area (Å²) in [5.74, 6) is 1.92. The second kappa shape index (κ2) is 18.7. The molecule has 10 aromatic carbocycles. The minimum atomic E-state index is 0.464. The Kier molecular flexibility index (Phi) is 12.2. The molecule has 0 saturated heterocycles. The smallest absolute Gasteiger partial charge is 0.0468 e. The molecule has 0 N–H and O–H groups in total. The normalized spacial score (nSPS) is 12.0. The van der Waals surface area contributed by atoms with Crippen LogP contribution in [0.1, 0.15) is 112 Å². The number of hydrogen-bond acceptors (Lipinski definition) is 2. The summed E-state index contributed by atoms with van der Waals surface area (Å²) in [5.41, 5.74) is 14.5. The van der Waals surface area contributed by atoms with Gasteiger partial charge in [-0.05, 0) is 173 Å². The third-order valence-electron chi connectivity index (χ3n) is 13.9. The van der Waals surface area contributed by atoms with E-state index in [1.165, 1.54) is 65.3 Å². The second-order valence-electron chi connectivity index (χ2n) is 20.0.